The first-order chi connectivity index (χ1) is 9.02. The molecule has 2 rings (SSSR count). The first kappa shape index (κ1) is 14.1. The SMILES string of the molecule is CCNC(c1cc(C)cc(C)c1)c1c(Cl)cnn1C. The van der Waals surface area contributed by atoms with Gasteiger partial charge in [0.25, 0.3) is 0 Å². The summed E-state index contributed by atoms with van der Waals surface area (Å²) in [5.74, 6) is 0. The van der Waals surface area contributed by atoms with E-state index in [2.05, 4.69) is 49.4 Å². The number of rotatable bonds is 4. The van der Waals surface area contributed by atoms with Gasteiger partial charge in [-0.25, -0.2) is 0 Å². The molecule has 1 aromatic heterocycles. The summed E-state index contributed by atoms with van der Waals surface area (Å²) in [6, 6.07) is 6.65. The van der Waals surface area contributed by atoms with Gasteiger partial charge in [-0.1, -0.05) is 47.9 Å². The summed E-state index contributed by atoms with van der Waals surface area (Å²) in [5, 5.41) is 8.43. The minimum absolute atomic E-state index is 0.0728. The summed E-state index contributed by atoms with van der Waals surface area (Å²) in [7, 11) is 1.92. The first-order valence-electron chi connectivity index (χ1n) is 6.52. The molecule has 0 spiro atoms. The van der Waals surface area contributed by atoms with Gasteiger partial charge < -0.3 is 5.32 Å². The van der Waals surface area contributed by atoms with Crippen LogP contribution >= 0.6 is 11.6 Å². The van der Waals surface area contributed by atoms with E-state index in [0.29, 0.717) is 5.02 Å². The average Bonchev–Trinajstić information content (AvgIpc) is 2.65. The fourth-order valence-electron chi connectivity index (χ4n) is 2.50. The lowest BCUT2D eigenvalue weighted by Crippen LogP contribution is -2.24. The Balaban J connectivity index is 2.51. The van der Waals surface area contributed by atoms with Crippen LogP contribution in [-0.4, -0.2) is 16.3 Å². The van der Waals surface area contributed by atoms with E-state index in [1.54, 1.807) is 6.20 Å². The van der Waals surface area contributed by atoms with Gasteiger partial charge in [0.05, 0.1) is 23.0 Å². The molecule has 1 aromatic carbocycles. The van der Waals surface area contributed by atoms with E-state index in [4.69, 9.17) is 11.6 Å². The number of hydrogen-bond acceptors (Lipinski definition) is 2. The minimum atomic E-state index is 0.0728. The largest absolute Gasteiger partial charge is 0.305 e. The summed E-state index contributed by atoms with van der Waals surface area (Å²) in [6.45, 7) is 7.20. The normalized spacial score (nSPS) is 12.7. The lowest BCUT2D eigenvalue weighted by atomic mass is 9.99. The summed E-state index contributed by atoms with van der Waals surface area (Å²) in [4.78, 5) is 0. The number of halogens is 1. The van der Waals surface area contributed by atoms with E-state index in [-0.39, 0.29) is 6.04 Å². The van der Waals surface area contributed by atoms with E-state index < -0.39 is 0 Å². The van der Waals surface area contributed by atoms with Crippen molar-refractivity contribution in [1.82, 2.24) is 15.1 Å². The van der Waals surface area contributed by atoms with Crippen LogP contribution in [0, 0.1) is 13.8 Å². The van der Waals surface area contributed by atoms with Crippen molar-refractivity contribution < 1.29 is 0 Å². The molecule has 1 N–H and O–H groups in total. The zero-order valence-electron chi connectivity index (χ0n) is 11.9. The number of hydrogen-bond donors (Lipinski definition) is 1. The minimum Gasteiger partial charge on any atom is -0.305 e. The number of nitrogens with one attached hydrogen (secondary N) is 1. The molecular formula is C15H20ClN3. The number of benzene rings is 1. The van der Waals surface area contributed by atoms with Crippen molar-refractivity contribution >= 4 is 11.6 Å². The first-order valence-corrected chi connectivity index (χ1v) is 6.89. The molecule has 1 atom stereocenters. The van der Waals surface area contributed by atoms with Crippen molar-refractivity contribution in [1.29, 1.82) is 0 Å². The molecule has 0 saturated heterocycles. The standard InChI is InChI=1S/C15H20ClN3/c1-5-17-14(15-13(16)9-18-19(15)4)12-7-10(2)6-11(3)8-12/h6-9,14,17H,5H2,1-4H3. The van der Waals surface area contributed by atoms with Crippen molar-refractivity contribution in [2.24, 2.45) is 7.05 Å². The third-order valence-corrected chi connectivity index (χ3v) is 3.49. The molecule has 0 fully saturated rings. The zero-order chi connectivity index (χ0) is 14.0. The van der Waals surface area contributed by atoms with Gasteiger partial charge >= 0.3 is 0 Å². The van der Waals surface area contributed by atoms with Crippen LogP contribution in [0.1, 0.15) is 35.3 Å². The van der Waals surface area contributed by atoms with Crippen LogP contribution in [-0.2, 0) is 7.05 Å². The molecule has 19 heavy (non-hydrogen) atoms. The second-order valence-corrected chi connectivity index (χ2v) is 5.32. The van der Waals surface area contributed by atoms with E-state index >= 15 is 0 Å². The third kappa shape index (κ3) is 2.99. The Morgan fingerprint density at radius 2 is 1.89 bits per heavy atom. The maximum Gasteiger partial charge on any atom is 0.0837 e. The number of aromatic nitrogens is 2. The van der Waals surface area contributed by atoms with Gasteiger partial charge in [-0.15, -0.1) is 0 Å². The molecule has 102 valence electrons. The van der Waals surface area contributed by atoms with Gasteiger partial charge in [0, 0.05) is 7.05 Å². The van der Waals surface area contributed by atoms with Crippen LogP contribution in [0.15, 0.2) is 24.4 Å². The highest BCUT2D eigenvalue weighted by Gasteiger charge is 2.20. The van der Waals surface area contributed by atoms with Crippen molar-refractivity contribution in [2.45, 2.75) is 26.8 Å². The second-order valence-electron chi connectivity index (χ2n) is 4.91. The monoisotopic (exact) mass is 277 g/mol. The summed E-state index contributed by atoms with van der Waals surface area (Å²) in [5.41, 5.74) is 4.76. The molecule has 1 unspecified atom stereocenters. The maximum atomic E-state index is 6.28. The summed E-state index contributed by atoms with van der Waals surface area (Å²) < 4.78 is 1.84. The quantitative estimate of drug-likeness (QED) is 0.928. The Kier molecular flexibility index (Phi) is 4.27. The molecule has 0 saturated carbocycles. The van der Waals surface area contributed by atoms with Crippen LogP contribution in [0.3, 0.4) is 0 Å². The van der Waals surface area contributed by atoms with E-state index in [1.807, 2.05) is 11.7 Å². The molecular weight excluding hydrogens is 258 g/mol. The predicted octanol–water partition coefficient (Wildman–Crippen LogP) is 3.39. The molecule has 1 heterocycles. The Labute approximate surface area is 119 Å². The average molecular weight is 278 g/mol. The lowest BCUT2D eigenvalue weighted by Gasteiger charge is -2.20. The molecule has 0 aliphatic carbocycles. The summed E-state index contributed by atoms with van der Waals surface area (Å²) >= 11 is 6.28. The highest BCUT2D eigenvalue weighted by molar-refractivity contribution is 6.31. The number of nitrogens with zero attached hydrogens (tertiary/aromatic N) is 2. The lowest BCUT2D eigenvalue weighted by molar-refractivity contribution is 0.572. The maximum absolute atomic E-state index is 6.28. The molecule has 0 amide bonds. The smallest absolute Gasteiger partial charge is 0.0837 e. The van der Waals surface area contributed by atoms with Crippen LogP contribution in [0.25, 0.3) is 0 Å². The molecule has 0 bridgehead atoms. The van der Waals surface area contributed by atoms with Gasteiger partial charge in [-0.3, -0.25) is 4.68 Å². The fraction of sp³-hybridized carbons (Fsp3) is 0.400. The molecule has 0 aliphatic rings. The predicted molar refractivity (Wildman–Crippen MR) is 79.7 cm³/mol. The Bertz CT molecular complexity index is 535. The Morgan fingerprint density at radius 1 is 1.26 bits per heavy atom. The fourth-order valence-corrected chi connectivity index (χ4v) is 2.77. The molecule has 4 heteroatoms. The van der Waals surface area contributed by atoms with E-state index in [9.17, 15) is 0 Å². The van der Waals surface area contributed by atoms with Gasteiger partial charge in [0.1, 0.15) is 0 Å². The van der Waals surface area contributed by atoms with Crippen LogP contribution < -0.4 is 5.32 Å². The van der Waals surface area contributed by atoms with Crippen LogP contribution in [0.5, 0.6) is 0 Å². The van der Waals surface area contributed by atoms with Gasteiger partial charge in [-0.2, -0.15) is 5.10 Å². The van der Waals surface area contributed by atoms with Gasteiger partial charge in [0.2, 0.25) is 0 Å². The van der Waals surface area contributed by atoms with Gasteiger partial charge in [-0.05, 0) is 26.0 Å². The van der Waals surface area contributed by atoms with Crippen molar-refractivity contribution in [2.75, 3.05) is 6.54 Å². The Hall–Kier alpha value is -1.32. The summed E-state index contributed by atoms with van der Waals surface area (Å²) in [6.07, 6.45) is 1.70. The van der Waals surface area contributed by atoms with Crippen LogP contribution in [0.4, 0.5) is 0 Å². The van der Waals surface area contributed by atoms with Crippen molar-refractivity contribution in [3.05, 3.63) is 51.8 Å². The molecule has 2 aromatic rings. The highest BCUT2D eigenvalue weighted by Crippen LogP contribution is 2.28. The zero-order valence-corrected chi connectivity index (χ0v) is 12.6. The molecule has 0 radical (unpaired) electrons. The van der Waals surface area contributed by atoms with E-state index in [0.717, 1.165) is 12.2 Å². The van der Waals surface area contributed by atoms with Crippen molar-refractivity contribution in [3.63, 3.8) is 0 Å². The highest BCUT2D eigenvalue weighted by atomic mass is 35.5. The third-order valence-electron chi connectivity index (χ3n) is 3.20. The number of aryl methyl sites for hydroxylation is 3. The molecule has 0 aliphatic heterocycles. The molecule has 3 nitrogen and oxygen atoms in total. The van der Waals surface area contributed by atoms with Gasteiger partial charge in [0.15, 0.2) is 0 Å². The Morgan fingerprint density at radius 3 is 2.37 bits per heavy atom. The van der Waals surface area contributed by atoms with Crippen LogP contribution in [0.2, 0.25) is 5.02 Å². The van der Waals surface area contributed by atoms with Crippen molar-refractivity contribution in [3.8, 4) is 0 Å². The van der Waals surface area contributed by atoms with E-state index in [1.165, 1.54) is 16.7 Å². The second kappa shape index (κ2) is 5.76. The topological polar surface area (TPSA) is 29.9 Å².